The molecular formula is C26H29NO6S. The quantitative estimate of drug-likeness (QED) is 0.399. The lowest BCUT2D eigenvalue weighted by molar-refractivity contribution is -0.151. The third kappa shape index (κ3) is 4.79. The van der Waals surface area contributed by atoms with Crippen molar-refractivity contribution in [3.05, 3.63) is 74.6 Å². The molecule has 0 spiro atoms. The molecule has 0 aliphatic carbocycles. The summed E-state index contributed by atoms with van der Waals surface area (Å²) in [6, 6.07) is 10.2. The summed E-state index contributed by atoms with van der Waals surface area (Å²) in [6.07, 6.45) is 0.776. The van der Waals surface area contributed by atoms with Crippen LogP contribution in [0, 0.1) is 33.6 Å². The fourth-order valence-corrected chi connectivity index (χ4v) is 5.78. The number of rotatable bonds is 5. The lowest BCUT2D eigenvalue weighted by Gasteiger charge is -2.30. The first kappa shape index (κ1) is 24.2. The van der Waals surface area contributed by atoms with Gasteiger partial charge in [-0.15, -0.1) is 0 Å². The second-order valence-corrected chi connectivity index (χ2v) is 11.0. The van der Waals surface area contributed by atoms with Crippen LogP contribution in [0.25, 0.3) is 11.0 Å². The van der Waals surface area contributed by atoms with Gasteiger partial charge in [-0.3, -0.25) is 4.79 Å². The van der Waals surface area contributed by atoms with Crippen molar-refractivity contribution in [3.63, 3.8) is 0 Å². The summed E-state index contributed by atoms with van der Waals surface area (Å²) in [6.45, 7) is 8.21. The summed E-state index contributed by atoms with van der Waals surface area (Å²) in [7, 11) is -3.61. The Morgan fingerprint density at radius 2 is 1.62 bits per heavy atom. The lowest BCUT2D eigenvalue weighted by Crippen LogP contribution is -2.40. The molecule has 1 aliphatic rings. The molecule has 1 aromatic heterocycles. The summed E-state index contributed by atoms with van der Waals surface area (Å²) >= 11 is 0. The molecule has 7 nitrogen and oxygen atoms in total. The maximum absolute atomic E-state index is 13.0. The predicted octanol–water partition coefficient (Wildman–Crippen LogP) is 4.17. The van der Waals surface area contributed by atoms with Crippen LogP contribution in [-0.2, 0) is 26.2 Å². The molecule has 2 heterocycles. The van der Waals surface area contributed by atoms with Gasteiger partial charge in [0.2, 0.25) is 10.0 Å². The van der Waals surface area contributed by atoms with E-state index in [1.807, 2.05) is 45.9 Å². The molecule has 4 rings (SSSR count). The van der Waals surface area contributed by atoms with Crippen molar-refractivity contribution in [2.45, 2.75) is 52.0 Å². The first-order valence-electron chi connectivity index (χ1n) is 11.3. The highest BCUT2D eigenvalue weighted by Crippen LogP contribution is 2.27. The van der Waals surface area contributed by atoms with Gasteiger partial charge in [0.15, 0.2) is 0 Å². The van der Waals surface area contributed by atoms with Crippen LogP contribution in [0.3, 0.4) is 0 Å². The minimum atomic E-state index is -3.61. The highest BCUT2D eigenvalue weighted by atomic mass is 32.2. The van der Waals surface area contributed by atoms with E-state index in [1.165, 1.54) is 10.4 Å². The standard InChI is InChI=1S/C26H29NO6S/c1-16-5-6-22(11-17(16)2)34(30,31)27-9-7-20(8-10-27)26(29)32-15-21-14-25(28)33-24-13-19(4)18(3)12-23(21)24/h5-6,11-14,20H,7-10,15H2,1-4H3. The van der Waals surface area contributed by atoms with Crippen molar-refractivity contribution in [2.75, 3.05) is 13.1 Å². The molecule has 0 saturated carbocycles. The van der Waals surface area contributed by atoms with E-state index in [0.717, 1.165) is 27.6 Å². The second-order valence-electron chi connectivity index (χ2n) is 9.06. The Labute approximate surface area is 199 Å². The van der Waals surface area contributed by atoms with Gasteiger partial charge in [0.1, 0.15) is 12.2 Å². The molecule has 0 amide bonds. The van der Waals surface area contributed by atoms with E-state index in [4.69, 9.17) is 9.15 Å². The number of carbonyl (C=O) groups excluding carboxylic acids is 1. The van der Waals surface area contributed by atoms with Gasteiger partial charge in [-0.05, 0) is 87.1 Å². The molecule has 1 aliphatic heterocycles. The number of aryl methyl sites for hydroxylation is 4. The average Bonchev–Trinajstić information content (AvgIpc) is 2.80. The number of hydrogen-bond acceptors (Lipinski definition) is 6. The van der Waals surface area contributed by atoms with Gasteiger partial charge in [0.25, 0.3) is 0 Å². The van der Waals surface area contributed by atoms with Gasteiger partial charge >= 0.3 is 11.6 Å². The van der Waals surface area contributed by atoms with Crippen LogP contribution in [0.4, 0.5) is 0 Å². The molecule has 8 heteroatoms. The van der Waals surface area contributed by atoms with Crippen molar-refractivity contribution in [1.82, 2.24) is 4.31 Å². The highest BCUT2D eigenvalue weighted by molar-refractivity contribution is 7.89. The molecule has 0 N–H and O–H groups in total. The molecular weight excluding hydrogens is 454 g/mol. The fourth-order valence-electron chi connectivity index (χ4n) is 4.22. The fraction of sp³-hybridized carbons (Fsp3) is 0.385. The largest absolute Gasteiger partial charge is 0.461 e. The minimum absolute atomic E-state index is 0.0371. The van der Waals surface area contributed by atoms with E-state index >= 15 is 0 Å². The van der Waals surface area contributed by atoms with Gasteiger partial charge in [0, 0.05) is 30.1 Å². The Morgan fingerprint density at radius 1 is 0.971 bits per heavy atom. The first-order valence-corrected chi connectivity index (χ1v) is 12.8. The zero-order valence-electron chi connectivity index (χ0n) is 19.9. The molecule has 3 aromatic rings. The molecule has 180 valence electrons. The van der Waals surface area contributed by atoms with Crippen LogP contribution in [0.15, 0.2) is 50.5 Å². The van der Waals surface area contributed by atoms with Gasteiger partial charge in [-0.2, -0.15) is 4.31 Å². The number of ether oxygens (including phenoxy) is 1. The zero-order chi connectivity index (χ0) is 24.6. The Bertz CT molecular complexity index is 1420. The molecule has 0 unspecified atom stereocenters. The SMILES string of the molecule is Cc1ccc(S(=O)(=O)N2CCC(C(=O)OCc3cc(=O)oc4cc(C)c(C)cc34)CC2)cc1C. The Kier molecular flexibility index (Phi) is 6.64. The van der Waals surface area contributed by atoms with Crippen LogP contribution in [0.2, 0.25) is 0 Å². The third-order valence-electron chi connectivity index (χ3n) is 6.72. The van der Waals surface area contributed by atoms with E-state index in [9.17, 15) is 18.0 Å². The Balaban J connectivity index is 1.41. The summed E-state index contributed by atoms with van der Waals surface area (Å²) in [4.78, 5) is 25.0. The van der Waals surface area contributed by atoms with Crippen molar-refractivity contribution < 1.29 is 22.4 Å². The average molecular weight is 484 g/mol. The van der Waals surface area contributed by atoms with Crippen molar-refractivity contribution in [3.8, 4) is 0 Å². The van der Waals surface area contributed by atoms with Gasteiger partial charge < -0.3 is 9.15 Å². The number of benzene rings is 2. The molecule has 34 heavy (non-hydrogen) atoms. The van der Waals surface area contributed by atoms with Gasteiger partial charge in [0.05, 0.1) is 10.8 Å². The van der Waals surface area contributed by atoms with E-state index < -0.39 is 15.6 Å². The monoisotopic (exact) mass is 483 g/mol. The summed E-state index contributed by atoms with van der Waals surface area (Å²) < 4.78 is 38.3. The smallest absolute Gasteiger partial charge is 0.336 e. The van der Waals surface area contributed by atoms with Crippen LogP contribution in [0.5, 0.6) is 0 Å². The predicted molar refractivity (Wildman–Crippen MR) is 129 cm³/mol. The topological polar surface area (TPSA) is 93.9 Å². The lowest BCUT2D eigenvalue weighted by atomic mass is 9.98. The van der Waals surface area contributed by atoms with E-state index in [1.54, 1.807) is 12.1 Å². The molecule has 2 aromatic carbocycles. The van der Waals surface area contributed by atoms with Crippen LogP contribution in [0.1, 0.15) is 40.7 Å². The zero-order valence-corrected chi connectivity index (χ0v) is 20.7. The molecule has 0 atom stereocenters. The van der Waals surface area contributed by atoms with Crippen molar-refractivity contribution in [1.29, 1.82) is 0 Å². The van der Waals surface area contributed by atoms with Gasteiger partial charge in [-0.25, -0.2) is 13.2 Å². The highest BCUT2D eigenvalue weighted by Gasteiger charge is 2.33. The summed E-state index contributed by atoms with van der Waals surface area (Å²) in [5.41, 5.74) is 4.58. The summed E-state index contributed by atoms with van der Waals surface area (Å²) in [5, 5.41) is 0.741. The number of hydrogen-bond donors (Lipinski definition) is 0. The van der Waals surface area contributed by atoms with Crippen LogP contribution < -0.4 is 5.63 Å². The van der Waals surface area contributed by atoms with Crippen molar-refractivity contribution >= 4 is 27.0 Å². The van der Waals surface area contributed by atoms with Crippen LogP contribution >= 0.6 is 0 Å². The first-order chi connectivity index (χ1) is 16.1. The molecule has 1 fully saturated rings. The third-order valence-corrected chi connectivity index (χ3v) is 8.61. The number of esters is 1. The minimum Gasteiger partial charge on any atom is -0.461 e. The maximum atomic E-state index is 13.0. The number of piperidine rings is 1. The number of fused-ring (bicyclic) bond motifs is 1. The number of carbonyl (C=O) groups is 1. The Hall–Kier alpha value is -2.97. The van der Waals surface area contributed by atoms with E-state index in [-0.39, 0.29) is 36.5 Å². The van der Waals surface area contributed by atoms with E-state index in [0.29, 0.717) is 24.0 Å². The normalized spacial score (nSPS) is 15.5. The molecule has 0 radical (unpaired) electrons. The maximum Gasteiger partial charge on any atom is 0.336 e. The van der Waals surface area contributed by atoms with Gasteiger partial charge in [-0.1, -0.05) is 6.07 Å². The van der Waals surface area contributed by atoms with Crippen LogP contribution in [-0.4, -0.2) is 31.8 Å². The second kappa shape index (κ2) is 9.35. The molecule has 0 bridgehead atoms. The number of sulfonamides is 1. The van der Waals surface area contributed by atoms with E-state index in [2.05, 4.69) is 0 Å². The van der Waals surface area contributed by atoms with Crippen molar-refractivity contribution in [2.24, 2.45) is 5.92 Å². The number of nitrogens with zero attached hydrogens (tertiary/aromatic N) is 1. The summed E-state index contributed by atoms with van der Waals surface area (Å²) in [5.74, 6) is -0.768. The Morgan fingerprint density at radius 3 is 2.29 bits per heavy atom. The molecule has 1 saturated heterocycles.